The van der Waals surface area contributed by atoms with Crippen molar-refractivity contribution in [2.24, 2.45) is 0 Å². The van der Waals surface area contributed by atoms with Crippen molar-refractivity contribution in [1.29, 1.82) is 0 Å². The van der Waals surface area contributed by atoms with Crippen LogP contribution < -0.4 is 4.74 Å². The van der Waals surface area contributed by atoms with Gasteiger partial charge in [0.1, 0.15) is 5.60 Å². The van der Waals surface area contributed by atoms with E-state index in [0.717, 1.165) is 26.2 Å². The fourth-order valence-corrected chi connectivity index (χ4v) is 5.57. The molecule has 5 aromatic rings. The van der Waals surface area contributed by atoms with Crippen molar-refractivity contribution < 1.29 is 18.1 Å². The molecule has 0 aliphatic carbocycles. The summed E-state index contributed by atoms with van der Waals surface area (Å²) < 4.78 is 54.6. The van der Waals surface area contributed by atoms with Gasteiger partial charge in [0.15, 0.2) is 0 Å². The summed E-state index contributed by atoms with van der Waals surface area (Å²) in [6.45, 7) is -6.27. The van der Waals surface area contributed by atoms with E-state index >= 15 is 0 Å². The van der Waals surface area contributed by atoms with E-state index in [9.17, 15) is 5.11 Å². The highest BCUT2D eigenvalue weighted by Gasteiger charge is 2.43. The van der Waals surface area contributed by atoms with Gasteiger partial charge in [-0.1, -0.05) is 88.7 Å². The van der Waals surface area contributed by atoms with Crippen LogP contribution in [0, 0.1) is 0 Å². The number of hydrogen-bond acceptors (Lipinski definition) is 4. The number of nitrogens with zero attached hydrogens (tertiary/aromatic N) is 2. The van der Waals surface area contributed by atoms with Crippen molar-refractivity contribution in [2.75, 3.05) is 27.6 Å². The Bertz CT molecular complexity index is 1730. The molecule has 0 saturated carbocycles. The molecule has 2 atom stereocenters. The van der Waals surface area contributed by atoms with Crippen LogP contribution >= 0.6 is 15.9 Å². The second-order valence-electron chi connectivity index (χ2n) is 9.12. The summed E-state index contributed by atoms with van der Waals surface area (Å²) in [7, 11) is 1.51. The minimum absolute atomic E-state index is 0.225. The zero-order valence-corrected chi connectivity index (χ0v) is 21.9. The molecule has 1 heterocycles. The highest BCUT2D eigenvalue weighted by Crippen LogP contribution is 2.49. The van der Waals surface area contributed by atoms with Gasteiger partial charge in [-0.2, -0.15) is 0 Å². The van der Waals surface area contributed by atoms with Gasteiger partial charge in [0, 0.05) is 36.1 Å². The van der Waals surface area contributed by atoms with E-state index in [1.54, 1.807) is 0 Å². The molecule has 4 nitrogen and oxygen atoms in total. The second kappa shape index (κ2) is 10.6. The Labute approximate surface area is 235 Å². The monoisotopic (exact) mass is 560 g/mol. The highest BCUT2D eigenvalue weighted by molar-refractivity contribution is 9.10. The summed E-state index contributed by atoms with van der Waals surface area (Å²) in [5.41, 5.74) is 0.712. The van der Waals surface area contributed by atoms with E-state index in [-0.39, 0.29) is 6.42 Å². The van der Waals surface area contributed by atoms with Crippen LogP contribution in [0.4, 0.5) is 0 Å². The number of benzene rings is 4. The van der Waals surface area contributed by atoms with Crippen LogP contribution in [0.1, 0.15) is 37.3 Å². The predicted octanol–water partition coefficient (Wildman–Crippen LogP) is 7.13. The largest absolute Gasteiger partial charge is 0.481 e. The normalized spacial score (nSPS) is 17.2. The van der Waals surface area contributed by atoms with E-state index < -0.39 is 32.0 Å². The Hall–Kier alpha value is -3.25. The number of aliphatic hydroxyl groups is 1. The van der Waals surface area contributed by atoms with Crippen molar-refractivity contribution in [2.45, 2.75) is 17.9 Å². The molecular formula is C32H31BrN2O2. The maximum absolute atomic E-state index is 13.2. The number of pyridine rings is 1. The average molecular weight is 562 g/mol. The molecule has 2 unspecified atom stereocenters. The number of aromatic nitrogens is 1. The van der Waals surface area contributed by atoms with E-state index in [2.05, 4.69) is 15.9 Å². The Balaban J connectivity index is 1.82. The molecule has 1 aromatic heterocycles. The lowest BCUT2D eigenvalue weighted by Crippen LogP contribution is -2.38. The third-order valence-corrected chi connectivity index (χ3v) is 7.35. The number of ether oxygens (including phenoxy) is 1. The van der Waals surface area contributed by atoms with Crippen LogP contribution in [-0.2, 0) is 5.60 Å². The zero-order chi connectivity index (χ0) is 31.0. The summed E-state index contributed by atoms with van der Waals surface area (Å²) in [5.74, 6) is -0.536. The molecule has 0 radical (unpaired) electrons. The lowest BCUT2D eigenvalue weighted by atomic mass is 9.70. The molecule has 0 saturated heterocycles. The highest BCUT2D eigenvalue weighted by atomic mass is 79.9. The summed E-state index contributed by atoms with van der Waals surface area (Å²) in [4.78, 5) is 5.27. The van der Waals surface area contributed by atoms with Crippen LogP contribution in [0.25, 0.3) is 21.7 Å². The van der Waals surface area contributed by atoms with Gasteiger partial charge in [0.25, 0.3) is 0 Å². The molecule has 5 rings (SSSR count). The minimum Gasteiger partial charge on any atom is -0.481 e. The van der Waals surface area contributed by atoms with E-state index in [4.69, 9.17) is 17.9 Å². The van der Waals surface area contributed by atoms with E-state index in [1.807, 2.05) is 97.1 Å². The quantitative estimate of drug-likeness (QED) is 0.219. The van der Waals surface area contributed by atoms with E-state index in [0.29, 0.717) is 27.4 Å². The first-order valence-electron chi connectivity index (χ1n) is 15.0. The smallest absolute Gasteiger partial charge is 0.217 e. The van der Waals surface area contributed by atoms with Gasteiger partial charge in [-0.15, -0.1) is 0 Å². The lowest BCUT2D eigenvalue weighted by Gasteiger charge is -2.39. The third kappa shape index (κ3) is 4.99. The fraction of sp³-hybridized carbons (Fsp3) is 0.219. The van der Waals surface area contributed by atoms with Gasteiger partial charge in [-0.25, -0.2) is 4.98 Å². The van der Waals surface area contributed by atoms with Crippen LogP contribution in [0.3, 0.4) is 0 Å². The van der Waals surface area contributed by atoms with Crippen molar-refractivity contribution >= 4 is 37.6 Å². The maximum Gasteiger partial charge on any atom is 0.217 e. The average Bonchev–Trinajstić information content (AvgIpc) is 2.95. The molecule has 0 aliphatic rings. The van der Waals surface area contributed by atoms with Crippen molar-refractivity contribution in [3.05, 3.63) is 118 Å². The first-order valence-corrected chi connectivity index (χ1v) is 12.8. The van der Waals surface area contributed by atoms with Gasteiger partial charge in [0.2, 0.25) is 5.88 Å². The molecule has 0 amide bonds. The molecule has 5 heteroatoms. The van der Waals surface area contributed by atoms with E-state index in [1.165, 1.54) is 7.11 Å². The molecule has 188 valence electrons. The number of methoxy groups -OCH3 is 1. The number of fused-ring (bicyclic) bond motifs is 2. The molecule has 0 bridgehead atoms. The van der Waals surface area contributed by atoms with Crippen molar-refractivity contribution in [3.8, 4) is 5.88 Å². The first-order chi connectivity index (χ1) is 20.3. The lowest BCUT2D eigenvalue weighted by molar-refractivity contribution is 0.00520. The summed E-state index contributed by atoms with van der Waals surface area (Å²) in [5, 5.41) is 15.6. The number of rotatable bonds is 8. The standard InChI is InChI=1S/C32H31BrN2O2/c1-35(2)19-18-32(36,28-15-9-13-22-10-7-8-14-26(22)28)30(23-11-5-4-6-12-23)27-21-24-20-25(33)16-17-29(24)34-31(27)37-3/h4-17,20-21,30,36H,18-19H2,1-3H3/i1D3,2D3. The Morgan fingerprint density at radius 2 is 1.70 bits per heavy atom. The maximum atomic E-state index is 13.2. The number of hydrogen-bond donors (Lipinski definition) is 1. The molecule has 0 fully saturated rings. The second-order valence-corrected chi connectivity index (χ2v) is 10.0. The third-order valence-electron chi connectivity index (χ3n) is 6.86. The van der Waals surface area contributed by atoms with Gasteiger partial charge < -0.3 is 14.7 Å². The number of halogens is 1. The van der Waals surface area contributed by atoms with Gasteiger partial charge in [-0.3, -0.25) is 0 Å². The van der Waals surface area contributed by atoms with Crippen LogP contribution in [0.2, 0.25) is 0 Å². The molecule has 0 spiro atoms. The minimum atomic E-state index is -2.92. The Morgan fingerprint density at radius 3 is 2.49 bits per heavy atom. The zero-order valence-electron chi connectivity index (χ0n) is 26.4. The van der Waals surface area contributed by atoms with Gasteiger partial charge >= 0.3 is 0 Å². The molecule has 4 aromatic carbocycles. The molecule has 1 N–H and O–H groups in total. The summed E-state index contributed by atoms with van der Waals surface area (Å²) in [6, 6.07) is 30.1. The van der Waals surface area contributed by atoms with Gasteiger partial charge in [-0.05, 0) is 66.5 Å². The topological polar surface area (TPSA) is 45.6 Å². The van der Waals surface area contributed by atoms with Crippen LogP contribution in [0.15, 0.2) is 102 Å². The van der Waals surface area contributed by atoms with Crippen LogP contribution in [-0.4, -0.2) is 42.6 Å². The van der Waals surface area contributed by atoms with Crippen LogP contribution in [0.5, 0.6) is 5.88 Å². The Kier molecular flexibility index (Phi) is 5.43. The van der Waals surface area contributed by atoms with Crippen molar-refractivity contribution in [1.82, 2.24) is 9.88 Å². The van der Waals surface area contributed by atoms with Crippen molar-refractivity contribution in [3.63, 3.8) is 0 Å². The molecule has 37 heavy (non-hydrogen) atoms. The molecular weight excluding hydrogens is 524 g/mol. The first kappa shape index (κ1) is 18.9. The SMILES string of the molecule is [2H]C([2H])([2H])N(CCC(O)(c1cccc2ccccc12)C(c1ccccc1)c1cc2cc(Br)ccc2nc1OC)C([2H])([2H])[2H]. The summed E-state index contributed by atoms with van der Waals surface area (Å²) >= 11 is 3.54. The summed E-state index contributed by atoms with van der Waals surface area (Å²) in [6.07, 6.45) is -0.225. The molecule has 0 aliphatic heterocycles. The van der Waals surface area contributed by atoms with Gasteiger partial charge in [0.05, 0.1) is 12.6 Å². The predicted molar refractivity (Wildman–Crippen MR) is 155 cm³/mol. The fourth-order valence-electron chi connectivity index (χ4n) is 5.19. The Morgan fingerprint density at radius 1 is 0.946 bits per heavy atom.